The summed E-state index contributed by atoms with van der Waals surface area (Å²) in [6.45, 7) is 0. The minimum absolute atomic E-state index is 0.0753. The van der Waals surface area contributed by atoms with Gasteiger partial charge in [-0.15, -0.1) is 0 Å². The molecule has 0 bridgehead atoms. The quantitative estimate of drug-likeness (QED) is 0.634. The molecule has 0 aliphatic carbocycles. The van der Waals surface area contributed by atoms with Crippen molar-refractivity contribution in [2.75, 3.05) is 5.32 Å². The van der Waals surface area contributed by atoms with E-state index >= 15 is 0 Å². The van der Waals surface area contributed by atoms with Crippen LogP contribution < -0.4 is 5.32 Å². The molecule has 0 saturated heterocycles. The summed E-state index contributed by atoms with van der Waals surface area (Å²) in [5.41, 5.74) is -1.25. The van der Waals surface area contributed by atoms with E-state index in [1.807, 2.05) is 0 Å². The van der Waals surface area contributed by atoms with Crippen LogP contribution >= 0.6 is 31.9 Å². The summed E-state index contributed by atoms with van der Waals surface area (Å²) in [6, 6.07) is 7.28. The van der Waals surface area contributed by atoms with E-state index in [-0.39, 0.29) is 11.4 Å². The van der Waals surface area contributed by atoms with Crippen LogP contribution in [0.4, 0.5) is 18.9 Å². The molecule has 2 aromatic rings. The molecule has 0 aliphatic heterocycles. The summed E-state index contributed by atoms with van der Waals surface area (Å²) in [6.07, 6.45) is -4.62. The van der Waals surface area contributed by atoms with Gasteiger partial charge in [0.1, 0.15) is 5.75 Å². The summed E-state index contributed by atoms with van der Waals surface area (Å²) >= 11 is 6.16. The van der Waals surface area contributed by atoms with Crippen molar-refractivity contribution in [3.8, 4) is 5.75 Å². The Morgan fingerprint density at radius 3 is 2.18 bits per heavy atom. The summed E-state index contributed by atoms with van der Waals surface area (Å²) < 4.78 is 39.3. The molecule has 3 nitrogen and oxygen atoms in total. The number of hydrogen-bond donors (Lipinski definition) is 2. The Labute approximate surface area is 140 Å². The number of aromatic hydroxyl groups is 1. The van der Waals surface area contributed by atoms with Crippen LogP contribution in [0.15, 0.2) is 45.3 Å². The molecule has 1 amide bonds. The smallest absolute Gasteiger partial charge is 0.417 e. The lowest BCUT2D eigenvalue weighted by Gasteiger charge is -2.13. The third kappa shape index (κ3) is 3.61. The lowest BCUT2D eigenvalue weighted by molar-refractivity contribution is -0.137. The molecule has 8 heteroatoms. The van der Waals surface area contributed by atoms with Gasteiger partial charge in [0.2, 0.25) is 0 Å². The second-order valence-corrected chi connectivity index (χ2v) is 5.99. The maximum absolute atomic E-state index is 12.9. The van der Waals surface area contributed by atoms with Gasteiger partial charge in [-0.05, 0) is 56.1 Å². The van der Waals surface area contributed by atoms with Gasteiger partial charge in [0.25, 0.3) is 5.91 Å². The van der Waals surface area contributed by atoms with Crippen molar-refractivity contribution < 1.29 is 23.1 Å². The number of alkyl halides is 3. The number of benzene rings is 2. The Hall–Kier alpha value is -1.54. The number of phenolic OH excluding ortho intramolecular Hbond substituents is 1. The zero-order valence-electron chi connectivity index (χ0n) is 10.7. The van der Waals surface area contributed by atoms with Gasteiger partial charge < -0.3 is 10.4 Å². The first kappa shape index (κ1) is 16.8. The fraction of sp³-hybridized carbons (Fsp3) is 0.0714. The van der Waals surface area contributed by atoms with Crippen molar-refractivity contribution in [3.63, 3.8) is 0 Å². The van der Waals surface area contributed by atoms with Crippen molar-refractivity contribution >= 4 is 43.5 Å². The van der Waals surface area contributed by atoms with Gasteiger partial charge in [-0.1, -0.05) is 12.1 Å². The molecule has 0 fully saturated rings. The number of carbonyl (C=O) groups is 1. The number of phenols is 1. The molecule has 0 saturated carbocycles. The monoisotopic (exact) mass is 437 g/mol. The largest absolute Gasteiger partial charge is 0.506 e. The molecule has 0 atom stereocenters. The highest BCUT2D eigenvalue weighted by molar-refractivity contribution is 9.11. The molecule has 2 aromatic carbocycles. The Morgan fingerprint density at radius 2 is 1.64 bits per heavy atom. The van der Waals surface area contributed by atoms with Gasteiger partial charge in [-0.25, -0.2) is 0 Å². The highest BCUT2D eigenvalue weighted by Gasteiger charge is 2.34. The molecule has 0 spiro atoms. The number of anilines is 1. The second-order valence-electron chi connectivity index (χ2n) is 4.29. The second kappa shape index (κ2) is 6.29. The first-order valence-electron chi connectivity index (χ1n) is 5.85. The highest BCUT2D eigenvalue weighted by atomic mass is 79.9. The van der Waals surface area contributed by atoms with E-state index in [4.69, 9.17) is 0 Å². The fourth-order valence-electron chi connectivity index (χ4n) is 1.76. The first-order chi connectivity index (χ1) is 10.2. The highest BCUT2D eigenvalue weighted by Crippen LogP contribution is 2.36. The van der Waals surface area contributed by atoms with Crippen LogP contribution in [-0.4, -0.2) is 11.0 Å². The van der Waals surface area contributed by atoms with E-state index in [9.17, 15) is 23.1 Å². The maximum Gasteiger partial charge on any atom is 0.417 e. The number of halogens is 5. The van der Waals surface area contributed by atoms with Gasteiger partial charge in [0.15, 0.2) is 0 Å². The normalized spacial score (nSPS) is 11.3. The Bertz CT molecular complexity index is 709. The van der Waals surface area contributed by atoms with E-state index in [1.165, 1.54) is 24.3 Å². The summed E-state index contributed by atoms with van der Waals surface area (Å²) in [4.78, 5) is 12.1. The first-order valence-corrected chi connectivity index (χ1v) is 7.44. The predicted molar refractivity (Wildman–Crippen MR) is 82.9 cm³/mol. The van der Waals surface area contributed by atoms with Crippen LogP contribution in [0.25, 0.3) is 0 Å². The lowest BCUT2D eigenvalue weighted by atomic mass is 10.1. The van der Waals surface area contributed by atoms with Crippen molar-refractivity contribution in [3.05, 3.63) is 56.5 Å². The van der Waals surface area contributed by atoms with Gasteiger partial charge in [0.05, 0.1) is 20.1 Å². The van der Waals surface area contributed by atoms with E-state index < -0.39 is 23.2 Å². The third-order valence-electron chi connectivity index (χ3n) is 2.75. The summed E-state index contributed by atoms with van der Waals surface area (Å²) in [5.74, 6) is -0.967. The SMILES string of the molecule is O=C(Nc1cc(Br)c(O)c(Br)c1)c1ccccc1C(F)(F)F. The predicted octanol–water partition coefficient (Wildman–Crippen LogP) is 5.19. The number of rotatable bonds is 2. The minimum atomic E-state index is -4.62. The van der Waals surface area contributed by atoms with Crippen molar-refractivity contribution in [2.45, 2.75) is 6.18 Å². The van der Waals surface area contributed by atoms with Crippen LogP contribution in [0.5, 0.6) is 5.75 Å². The van der Waals surface area contributed by atoms with Crippen molar-refractivity contribution in [1.29, 1.82) is 0 Å². The molecule has 2 rings (SSSR count). The van der Waals surface area contributed by atoms with Crippen LogP contribution in [0.3, 0.4) is 0 Å². The zero-order chi connectivity index (χ0) is 16.5. The molecular formula is C14H8Br2F3NO2. The van der Waals surface area contributed by atoms with Crippen LogP contribution in [0.2, 0.25) is 0 Å². The van der Waals surface area contributed by atoms with Crippen LogP contribution in [0, 0.1) is 0 Å². The topological polar surface area (TPSA) is 49.3 Å². The third-order valence-corrected chi connectivity index (χ3v) is 3.96. The molecular weight excluding hydrogens is 431 g/mol. The molecule has 0 aliphatic rings. The Kier molecular flexibility index (Phi) is 4.81. The van der Waals surface area contributed by atoms with Gasteiger partial charge >= 0.3 is 6.18 Å². The maximum atomic E-state index is 12.9. The van der Waals surface area contributed by atoms with Crippen molar-refractivity contribution in [2.24, 2.45) is 0 Å². The Balaban J connectivity index is 2.35. The van der Waals surface area contributed by atoms with E-state index in [0.29, 0.717) is 8.95 Å². The average Bonchev–Trinajstić information content (AvgIpc) is 2.43. The summed E-state index contributed by atoms with van der Waals surface area (Å²) in [5, 5.41) is 11.9. The zero-order valence-corrected chi connectivity index (χ0v) is 13.9. The van der Waals surface area contributed by atoms with E-state index in [2.05, 4.69) is 37.2 Å². The molecule has 0 aromatic heterocycles. The number of hydrogen-bond acceptors (Lipinski definition) is 2. The molecule has 2 N–H and O–H groups in total. The molecule has 0 unspecified atom stereocenters. The number of carbonyl (C=O) groups excluding carboxylic acids is 1. The van der Waals surface area contributed by atoms with Gasteiger partial charge in [-0.3, -0.25) is 4.79 Å². The lowest BCUT2D eigenvalue weighted by Crippen LogP contribution is -2.18. The van der Waals surface area contributed by atoms with Crippen LogP contribution in [-0.2, 0) is 6.18 Å². The average molecular weight is 439 g/mol. The molecule has 0 radical (unpaired) electrons. The van der Waals surface area contributed by atoms with Crippen molar-refractivity contribution in [1.82, 2.24) is 0 Å². The van der Waals surface area contributed by atoms with Gasteiger partial charge in [-0.2, -0.15) is 13.2 Å². The summed E-state index contributed by atoms with van der Waals surface area (Å²) in [7, 11) is 0. The molecule has 22 heavy (non-hydrogen) atoms. The van der Waals surface area contributed by atoms with E-state index in [0.717, 1.165) is 12.1 Å². The number of nitrogens with one attached hydrogen (secondary N) is 1. The Morgan fingerprint density at radius 1 is 1.09 bits per heavy atom. The van der Waals surface area contributed by atoms with Gasteiger partial charge in [0, 0.05) is 5.69 Å². The van der Waals surface area contributed by atoms with E-state index in [1.54, 1.807) is 0 Å². The fourth-order valence-corrected chi connectivity index (χ4v) is 2.95. The molecule has 0 heterocycles. The standard InChI is InChI=1S/C14H8Br2F3NO2/c15-10-5-7(6-11(16)12(10)21)20-13(22)8-3-1-2-4-9(8)14(17,18)19/h1-6,21H,(H,20,22). The minimum Gasteiger partial charge on any atom is -0.506 e. The number of amides is 1. The molecule has 116 valence electrons. The van der Waals surface area contributed by atoms with Crippen LogP contribution in [0.1, 0.15) is 15.9 Å².